The Balaban J connectivity index is 1.67. The van der Waals surface area contributed by atoms with E-state index in [2.05, 4.69) is 21.6 Å². The molecule has 0 unspecified atom stereocenters. The van der Waals surface area contributed by atoms with Crippen LogP contribution in [0.4, 0.5) is 0 Å². The molecule has 2 saturated heterocycles. The van der Waals surface area contributed by atoms with E-state index in [-0.39, 0.29) is 11.9 Å². The van der Waals surface area contributed by atoms with Crippen LogP contribution < -0.4 is 0 Å². The van der Waals surface area contributed by atoms with Gasteiger partial charge in [0, 0.05) is 26.2 Å². The van der Waals surface area contributed by atoms with E-state index in [0.717, 1.165) is 51.4 Å². The van der Waals surface area contributed by atoms with Crippen LogP contribution in [-0.2, 0) is 11.2 Å². The summed E-state index contributed by atoms with van der Waals surface area (Å²) >= 11 is 12.1. The van der Waals surface area contributed by atoms with Gasteiger partial charge in [0.15, 0.2) is 0 Å². The van der Waals surface area contributed by atoms with Gasteiger partial charge in [-0.05, 0) is 50.2 Å². The summed E-state index contributed by atoms with van der Waals surface area (Å²) in [7, 11) is 0. The Labute approximate surface area is 160 Å². The molecule has 0 N–H and O–H groups in total. The van der Waals surface area contributed by atoms with Crippen LogP contribution in [0.15, 0.2) is 18.2 Å². The van der Waals surface area contributed by atoms with Gasteiger partial charge in [-0.3, -0.25) is 9.69 Å². The van der Waals surface area contributed by atoms with Crippen LogP contribution in [0.5, 0.6) is 0 Å². The molecule has 2 fully saturated rings. The van der Waals surface area contributed by atoms with Gasteiger partial charge in [0.2, 0.25) is 5.91 Å². The number of halogens is 2. The highest BCUT2D eigenvalue weighted by Crippen LogP contribution is 2.23. The van der Waals surface area contributed by atoms with Crippen molar-refractivity contribution in [2.24, 2.45) is 0 Å². The van der Waals surface area contributed by atoms with Crippen molar-refractivity contribution in [3.8, 4) is 0 Å². The lowest BCUT2D eigenvalue weighted by Crippen LogP contribution is -2.58. The number of hydrogen-bond donors (Lipinski definition) is 0. The second kappa shape index (κ2) is 8.72. The van der Waals surface area contributed by atoms with Crippen LogP contribution >= 0.6 is 23.2 Å². The standard InChI is InChI=1S/C19H27Cl2N3O/c1-2-22-9-10-24(16(13-22)14-23-7-3-4-8-23)19(25)12-15-5-6-17(20)18(21)11-15/h5-6,11,16H,2-4,7-10,12-14H2,1H3/t16-/m0/s1. The van der Waals surface area contributed by atoms with E-state index < -0.39 is 0 Å². The van der Waals surface area contributed by atoms with Gasteiger partial charge in [-0.15, -0.1) is 0 Å². The molecule has 2 heterocycles. The molecule has 1 atom stereocenters. The monoisotopic (exact) mass is 383 g/mol. The van der Waals surface area contributed by atoms with Crippen molar-refractivity contribution >= 4 is 29.1 Å². The number of benzene rings is 1. The number of likely N-dealkylation sites (N-methyl/N-ethyl adjacent to an activating group) is 1. The lowest BCUT2D eigenvalue weighted by molar-refractivity contribution is -0.135. The van der Waals surface area contributed by atoms with E-state index in [0.29, 0.717) is 16.5 Å². The average molecular weight is 384 g/mol. The van der Waals surface area contributed by atoms with Crippen molar-refractivity contribution < 1.29 is 4.79 Å². The molecular formula is C19H27Cl2N3O. The first-order valence-electron chi connectivity index (χ1n) is 9.25. The third-order valence-corrected chi connectivity index (χ3v) is 6.08. The molecule has 1 amide bonds. The normalized spacial score (nSPS) is 22.5. The molecule has 1 aromatic carbocycles. The Hall–Kier alpha value is -0.810. The summed E-state index contributed by atoms with van der Waals surface area (Å²) in [5, 5.41) is 1.04. The number of likely N-dealkylation sites (tertiary alicyclic amines) is 1. The van der Waals surface area contributed by atoms with Crippen molar-refractivity contribution in [2.45, 2.75) is 32.2 Å². The predicted octanol–water partition coefficient (Wildman–Crippen LogP) is 3.16. The number of piperazine rings is 1. The minimum atomic E-state index is 0.193. The molecule has 0 aromatic heterocycles. The minimum Gasteiger partial charge on any atom is -0.336 e. The molecule has 138 valence electrons. The lowest BCUT2D eigenvalue weighted by atomic mass is 10.1. The zero-order chi connectivity index (χ0) is 17.8. The fourth-order valence-electron chi connectivity index (χ4n) is 3.88. The summed E-state index contributed by atoms with van der Waals surface area (Å²) in [6.07, 6.45) is 2.95. The smallest absolute Gasteiger partial charge is 0.227 e. The van der Waals surface area contributed by atoms with E-state index in [9.17, 15) is 4.79 Å². The Morgan fingerprint density at radius 1 is 1.08 bits per heavy atom. The molecular weight excluding hydrogens is 357 g/mol. The van der Waals surface area contributed by atoms with Crippen LogP contribution in [0.1, 0.15) is 25.3 Å². The number of amides is 1. The zero-order valence-corrected chi connectivity index (χ0v) is 16.4. The molecule has 2 aliphatic rings. The molecule has 25 heavy (non-hydrogen) atoms. The van der Waals surface area contributed by atoms with Gasteiger partial charge >= 0.3 is 0 Å². The summed E-state index contributed by atoms with van der Waals surface area (Å²) < 4.78 is 0. The molecule has 0 radical (unpaired) electrons. The molecule has 0 spiro atoms. The molecule has 0 saturated carbocycles. The lowest BCUT2D eigenvalue weighted by Gasteiger charge is -2.42. The maximum Gasteiger partial charge on any atom is 0.227 e. The maximum atomic E-state index is 13.0. The molecule has 0 aliphatic carbocycles. The van der Waals surface area contributed by atoms with Crippen LogP contribution in [0.3, 0.4) is 0 Å². The minimum absolute atomic E-state index is 0.193. The van der Waals surface area contributed by atoms with E-state index in [1.807, 2.05) is 6.07 Å². The number of carbonyl (C=O) groups excluding carboxylic acids is 1. The molecule has 3 rings (SSSR count). The first kappa shape index (κ1) is 19.0. The summed E-state index contributed by atoms with van der Waals surface area (Å²) in [4.78, 5) is 20.0. The second-order valence-electron chi connectivity index (χ2n) is 7.07. The van der Waals surface area contributed by atoms with E-state index in [4.69, 9.17) is 23.2 Å². The fourth-order valence-corrected chi connectivity index (χ4v) is 4.20. The highest BCUT2D eigenvalue weighted by Gasteiger charge is 2.31. The SMILES string of the molecule is CCN1CCN(C(=O)Cc2ccc(Cl)c(Cl)c2)[C@H](CN2CCCC2)C1. The van der Waals surface area contributed by atoms with Crippen molar-refractivity contribution in [1.29, 1.82) is 0 Å². The third-order valence-electron chi connectivity index (χ3n) is 5.34. The molecule has 1 aromatic rings. The van der Waals surface area contributed by atoms with Gasteiger partial charge in [-0.2, -0.15) is 0 Å². The summed E-state index contributed by atoms with van der Waals surface area (Å²) in [5.74, 6) is 0.193. The predicted molar refractivity (Wildman–Crippen MR) is 103 cm³/mol. The summed E-state index contributed by atoms with van der Waals surface area (Å²) in [6, 6.07) is 5.74. The van der Waals surface area contributed by atoms with Crippen LogP contribution in [0, 0.1) is 0 Å². The summed E-state index contributed by atoms with van der Waals surface area (Å²) in [6.45, 7) is 9.30. The van der Waals surface area contributed by atoms with Gasteiger partial charge in [0.05, 0.1) is 22.5 Å². The van der Waals surface area contributed by atoms with Crippen LogP contribution in [0.25, 0.3) is 0 Å². The third kappa shape index (κ3) is 4.88. The molecule has 4 nitrogen and oxygen atoms in total. The highest BCUT2D eigenvalue weighted by atomic mass is 35.5. The van der Waals surface area contributed by atoms with Crippen molar-refractivity contribution in [1.82, 2.24) is 14.7 Å². The zero-order valence-electron chi connectivity index (χ0n) is 14.9. The average Bonchev–Trinajstić information content (AvgIpc) is 3.11. The Bertz CT molecular complexity index is 604. The topological polar surface area (TPSA) is 26.8 Å². The van der Waals surface area contributed by atoms with Gasteiger partial charge < -0.3 is 9.80 Å². The molecule has 6 heteroatoms. The first-order valence-corrected chi connectivity index (χ1v) is 10.0. The van der Waals surface area contributed by atoms with Gasteiger partial charge in [0.1, 0.15) is 0 Å². The molecule has 0 bridgehead atoms. The Kier molecular flexibility index (Phi) is 6.61. The van der Waals surface area contributed by atoms with E-state index in [1.54, 1.807) is 12.1 Å². The fraction of sp³-hybridized carbons (Fsp3) is 0.632. The highest BCUT2D eigenvalue weighted by molar-refractivity contribution is 6.42. The van der Waals surface area contributed by atoms with E-state index >= 15 is 0 Å². The van der Waals surface area contributed by atoms with Crippen LogP contribution in [0.2, 0.25) is 10.0 Å². The largest absolute Gasteiger partial charge is 0.336 e. The van der Waals surface area contributed by atoms with Crippen molar-refractivity contribution in [3.63, 3.8) is 0 Å². The van der Waals surface area contributed by atoms with Gasteiger partial charge in [0.25, 0.3) is 0 Å². The Morgan fingerprint density at radius 3 is 2.52 bits per heavy atom. The van der Waals surface area contributed by atoms with Crippen LogP contribution in [-0.4, -0.2) is 72.5 Å². The van der Waals surface area contributed by atoms with Gasteiger partial charge in [-0.25, -0.2) is 0 Å². The Morgan fingerprint density at radius 2 is 1.84 bits per heavy atom. The maximum absolute atomic E-state index is 13.0. The summed E-state index contributed by atoms with van der Waals surface area (Å²) in [5.41, 5.74) is 0.928. The van der Waals surface area contributed by atoms with E-state index in [1.165, 1.54) is 12.8 Å². The van der Waals surface area contributed by atoms with Crippen molar-refractivity contribution in [3.05, 3.63) is 33.8 Å². The first-order chi connectivity index (χ1) is 12.1. The number of rotatable bonds is 5. The van der Waals surface area contributed by atoms with Crippen molar-refractivity contribution in [2.75, 3.05) is 45.8 Å². The second-order valence-corrected chi connectivity index (χ2v) is 7.88. The quantitative estimate of drug-likeness (QED) is 0.780. The number of nitrogens with zero attached hydrogens (tertiary/aromatic N) is 3. The number of carbonyl (C=O) groups is 1. The van der Waals surface area contributed by atoms with Gasteiger partial charge in [-0.1, -0.05) is 36.2 Å². The number of hydrogen-bond acceptors (Lipinski definition) is 3. The molecule has 2 aliphatic heterocycles.